The van der Waals surface area contributed by atoms with E-state index in [1.807, 2.05) is 6.08 Å². The first-order valence-corrected chi connectivity index (χ1v) is 10.4. The van der Waals surface area contributed by atoms with Crippen molar-refractivity contribution in [2.24, 2.45) is 0 Å². The van der Waals surface area contributed by atoms with Gasteiger partial charge in [-0.05, 0) is 32.1 Å². The Morgan fingerprint density at radius 1 is 1.08 bits per heavy atom. The fourth-order valence-electron chi connectivity index (χ4n) is 3.23. The van der Waals surface area contributed by atoms with Crippen LogP contribution >= 0.6 is 0 Å². The lowest BCUT2D eigenvalue weighted by Crippen LogP contribution is -2.25. The maximum atomic E-state index is 11.1. The van der Waals surface area contributed by atoms with Crippen molar-refractivity contribution >= 4 is 5.97 Å². The van der Waals surface area contributed by atoms with E-state index in [4.69, 9.17) is 4.74 Å². The van der Waals surface area contributed by atoms with Crippen molar-refractivity contribution in [2.45, 2.75) is 109 Å². The van der Waals surface area contributed by atoms with Gasteiger partial charge in [0.2, 0.25) is 0 Å². The van der Waals surface area contributed by atoms with Crippen LogP contribution in [0.5, 0.6) is 0 Å². The molecule has 1 N–H and O–H groups in total. The second-order valence-corrected chi connectivity index (χ2v) is 7.25. The molecule has 0 unspecified atom stereocenters. The predicted octanol–water partition coefficient (Wildman–Crippen LogP) is 5.87. The smallest absolute Gasteiger partial charge is 0.330 e. The number of aliphatic hydroxyl groups excluding tert-OH is 1. The van der Waals surface area contributed by atoms with Gasteiger partial charge in [-0.25, -0.2) is 4.79 Å². The third kappa shape index (κ3) is 12.9. The zero-order valence-electron chi connectivity index (χ0n) is 16.1. The maximum absolute atomic E-state index is 11.1. The van der Waals surface area contributed by atoms with E-state index in [1.54, 1.807) is 0 Å². The minimum atomic E-state index is -0.347. The van der Waals surface area contributed by atoms with Gasteiger partial charge in [0.15, 0.2) is 0 Å². The van der Waals surface area contributed by atoms with Gasteiger partial charge in [-0.1, -0.05) is 70.1 Å². The summed E-state index contributed by atoms with van der Waals surface area (Å²) in [5.41, 5.74) is 0. The van der Waals surface area contributed by atoms with Crippen LogP contribution in [0.1, 0.15) is 96.8 Å². The molecule has 0 aromatic rings. The summed E-state index contributed by atoms with van der Waals surface area (Å²) in [7, 11) is 0. The lowest BCUT2D eigenvalue weighted by Gasteiger charge is -2.21. The van der Waals surface area contributed by atoms with E-state index in [9.17, 15) is 9.90 Å². The van der Waals surface area contributed by atoms with Crippen molar-refractivity contribution in [1.82, 2.24) is 0 Å². The summed E-state index contributed by atoms with van der Waals surface area (Å²) in [4.78, 5) is 11.1. The Balaban J connectivity index is 1.85. The van der Waals surface area contributed by atoms with Crippen LogP contribution in [0, 0.1) is 0 Å². The quantitative estimate of drug-likeness (QED) is 0.228. The van der Waals surface area contributed by atoms with Crippen molar-refractivity contribution in [2.75, 3.05) is 0 Å². The van der Waals surface area contributed by atoms with E-state index in [0.29, 0.717) is 6.42 Å². The third-order valence-corrected chi connectivity index (χ3v) is 4.77. The number of rotatable bonds is 15. The van der Waals surface area contributed by atoms with Crippen molar-refractivity contribution in [3.05, 3.63) is 24.3 Å². The fourth-order valence-corrected chi connectivity index (χ4v) is 3.23. The molecule has 0 bridgehead atoms. The molecule has 0 aromatic heterocycles. The summed E-state index contributed by atoms with van der Waals surface area (Å²) in [6.45, 7) is 2.25. The predicted molar refractivity (Wildman–Crippen MR) is 104 cm³/mol. The van der Waals surface area contributed by atoms with Crippen molar-refractivity contribution < 1.29 is 14.6 Å². The summed E-state index contributed by atoms with van der Waals surface area (Å²) >= 11 is 0. The highest BCUT2D eigenvalue weighted by molar-refractivity contribution is 5.82. The summed E-state index contributed by atoms with van der Waals surface area (Å²) in [6.07, 6.45) is 23.5. The van der Waals surface area contributed by atoms with Gasteiger partial charge in [0.25, 0.3) is 0 Å². The van der Waals surface area contributed by atoms with Crippen LogP contribution in [-0.4, -0.2) is 23.3 Å². The van der Waals surface area contributed by atoms with Crippen molar-refractivity contribution in [3.8, 4) is 0 Å². The molecular formula is C22H38O3. The number of allylic oxidation sites excluding steroid dienone is 2. The van der Waals surface area contributed by atoms with E-state index in [-0.39, 0.29) is 18.2 Å². The lowest BCUT2D eigenvalue weighted by molar-refractivity contribution is -0.145. The molecule has 1 heterocycles. The number of aliphatic hydroxyl groups is 1. The van der Waals surface area contributed by atoms with Gasteiger partial charge in [-0.2, -0.15) is 0 Å². The number of carbonyl (C=O) groups is 1. The van der Waals surface area contributed by atoms with Crippen molar-refractivity contribution in [1.29, 1.82) is 0 Å². The molecule has 3 heteroatoms. The molecule has 1 aliphatic rings. The number of ether oxygens (including phenoxy) is 1. The Kier molecular flexibility index (Phi) is 13.3. The molecule has 0 aliphatic carbocycles. The average Bonchev–Trinajstić information content (AvgIpc) is 2.59. The lowest BCUT2D eigenvalue weighted by atomic mass is 10.0. The maximum Gasteiger partial charge on any atom is 0.330 e. The Hall–Kier alpha value is -1.09. The van der Waals surface area contributed by atoms with Gasteiger partial charge in [0.1, 0.15) is 6.10 Å². The molecule has 0 saturated heterocycles. The number of hydrogen-bond acceptors (Lipinski definition) is 3. The van der Waals surface area contributed by atoms with E-state index >= 15 is 0 Å². The Morgan fingerprint density at radius 2 is 1.72 bits per heavy atom. The van der Waals surface area contributed by atoms with Gasteiger partial charge in [0, 0.05) is 18.9 Å². The van der Waals surface area contributed by atoms with Gasteiger partial charge in [-0.15, -0.1) is 0 Å². The number of esters is 1. The van der Waals surface area contributed by atoms with Crippen molar-refractivity contribution in [3.63, 3.8) is 0 Å². The Morgan fingerprint density at radius 3 is 2.40 bits per heavy atom. The van der Waals surface area contributed by atoms with Gasteiger partial charge < -0.3 is 9.84 Å². The molecule has 144 valence electrons. The zero-order chi connectivity index (χ0) is 18.2. The summed E-state index contributed by atoms with van der Waals surface area (Å²) in [6, 6.07) is 0. The molecule has 0 spiro atoms. The first-order valence-electron chi connectivity index (χ1n) is 10.4. The largest absolute Gasteiger partial charge is 0.459 e. The normalized spacial score (nSPS) is 18.6. The highest BCUT2D eigenvalue weighted by Crippen LogP contribution is 2.17. The van der Waals surface area contributed by atoms with Crippen LogP contribution in [0.15, 0.2) is 24.3 Å². The van der Waals surface area contributed by atoms with E-state index in [1.165, 1.54) is 70.3 Å². The van der Waals surface area contributed by atoms with Crippen LogP contribution in [0.25, 0.3) is 0 Å². The molecule has 0 amide bonds. The Bertz CT molecular complexity index is 387. The first kappa shape index (κ1) is 22.0. The third-order valence-electron chi connectivity index (χ3n) is 4.77. The van der Waals surface area contributed by atoms with Crippen LogP contribution in [0.2, 0.25) is 0 Å². The van der Waals surface area contributed by atoms with Gasteiger partial charge in [0.05, 0.1) is 6.10 Å². The summed E-state index contributed by atoms with van der Waals surface area (Å²) in [5, 5.41) is 10.0. The zero-order valence-corrected chi connectivity index (χ0v) is 16.1. The van der Waals surface area contributed by atoms with E-state index < -0.39 is 0 Å². The molecule has 1 rings (SSSR count). The number of carbonyl (C=O) groups excluding carboxylic acids is 1. The minimum absolute atomic E-state index is 0.138. The molecule has 0 aromatic carbocycles. The van der Waals surface area contributed by atoms with Crippen LogP contribution in [-0.2, 0) is 9.53 Å². The highest BCUT2D eigenvalue weighted by Gasteiger charge is 2.19. The standard InChI is InChI=1S/C22H38O3/c1-2-3-4-5-6-7-8-9-10-11-12-13-14-16-20(23)19-21-17-15-18-22(24)25-21/h7-8,15,18,20-21,23H,2-6,9-14,16-17,19H2,1H3/b8-7-/t20-,21-/m1/s1. The highest BCUT2D eigenvalue weighted by atomic mass is 16.5. The first-order chi connectivity index (χ1) is 12.2. The number of cyclic esters (lactones) is 1. The molecule has 25 heavy (non-hydrogen) atoms. The molecular weight excluding hydrogens is 312 g/mol. The van der Waals surface area contributed by atoms with Gasteiger partial charge in [-0.3, -0.25) is 0 Å². The molecule has 1 aliphatic heterocycles. The monoisotopic (exact) mass is 350 g/mol. The SMILES string of the molecule is CCCCCC/C=C\CCCCCCC[C@@H](O)C[C@H]1CC=CC(=O)O1. The van der Waals surface area contributed by atoms with Crippen LogP contribution in [0.4, 0.5) is 0 Å². The molecule has 0 radical (unpaired) electrons. The van der Waals surface area contributed by atoms with Gasteiger partial charge >= 0.3 is 5.97 Å². The number of unbranched alkanes of at least 4 members (excludes halogenated alkanes) is 9. The second-order valence-electron chi connectivity index (χ2n) is 7.25. The van der Waals surface area contributed by atoms with E-state index in [0.717, 1.165) is 19.3 Å². The minimum Gasteiger partial charge on any atom is -0.459 e. The van der Waals surface area contributed by atoms with Crippen LogP contribution < -0.4 is 0 Å². The molecule has 3 nitrogen and oxygen atoms in total. The molecule has 2 atom stereocenters. The van der Waals surface area contributed by atoms with Crippen LogP contribution in [0.3, 0.4) is 0 Å². The van der Waals surface area contributed by atoms with E-state index in [2.05, 4.69) is 19.1 Å². The summed E-state index contributed by atoms with van der Waals surface area (Å²) < 4.78 is 5.18. The topological polar surface area (TPSA) is 46.5 Å². The molecule has 0 saturated carbocycles. The average molecular weight is 351 g/mol. The summed E-state index contributed by atoms with van der Waals surface area (Å²) in [5.74, 6) is -0.279. The second kappa shape index (κ2) is 15.2. The Labute approximate surface area is 154 Å². The molecule has 0 fully saturated rings. The fraction of sp³-hybridized carbons (Fsp3) is 0.773. The number of hydrogen-bond donors (Lipinski definition) is 1.